The van der Waals surface area contributed by atoms with Crippen LogP contribution in [0.1, 0.15) is 26.7 Å². The summed E-state index contributed by atoms with van der Waals surface area (Å²) in [6.07, 6.45) is 1.09. The lowest BCUT2D eigenvalue weighted by molar-refractivity contribution is -0.134. The summed E-state index contributed by atoms with van der Waals surface area (Å²) < 4.78 is 16.3. The van der Waals surface area contributed by atoms with Gasteiger partial charge in [-0.05, 0) is 26.7 Å². The number of ether oxygens (including phenoxy) is 3. The van der Waals surface area contributed by atoms with Crippen molar-refractivity contribution in [2.45, 2.75) is 45.0 Å². The molecule has 0 saturated carbocycles. The minimum absolute atomic E-state index is 0.0265. The maximum atomic E-state index is 11.2. The third kappa shape index (κ3) is 4.99. The number of hydrazine groups is 1. The summed E-state index contributed by atoms with van der Waals surface area (Å²) in [5, 5.41) is 0. The SMILES string of the molecule is CCOCC(C)OCC1CCC(C(=O)NN)O1. The minimum Gasteiger partial charge on any atom is -0.379 e. The van der Waals surface area contributed by atoms with Crippen LogP contribution in [0.4, 0.5) is 0 Å². The monoisotopic (exact) mass is 246 g/mol. The van der Waals surface area contributed by atoms with Crippen molar-refractivity contribution in [3.05, 3.63) is 0 Å². The Kier molecular flexibility index (Phi) is 6.43. The summed E-state index contributed by atoms with van der Waals surface area (Å²) in [6.45, 7) is 5.66. The van der Waals surface area contributed by atoms with E-state index in [4.69, 9.17) is 20.1 Å². The third-order valence-electron chi connectivity index (χ3n) is 2.67. The van der Waals surface area contributed by atoms with E-state index < -0.39 is 6.10 Å². The van der Waals surface area contributed by atoms with Crippen molar-refractivity contribution >= 4 is 5.91 Å². The number of carbonyl (C=O) groups excluding carboxylic acids is 1. The molecule has 1 saturated heterocycles. The number of carbonyl (C=O) groups is 1. The predicted octanol–water partition coefficient (Wildman–Crippen LogP) is -0.0345. The van der Waals surface area contributed by atoms with E-state index in [1.807, 2.05) is 13.8 Å². The molecule has 0 bridgehead atoms. The molecule has 0 aromatic rings. The molecule has 1 aliphatic heterocycles. The average Bonchev–Trinajstić information content (AvgIpc) is 2.81. The van der Waals surface area contributed by atoms with Crippen molar-refractivity contribution in [1.29, 1.82) is 0 Å². The molecule has 3 unspecified atom stereocenters. The van der Waals surface area contributed by atoms with Gasteiger partial charge in [-0.3, -0.25) is 10.2 Å². The Hall–Kier alpha value is -0.690. The van der Waals surface area contributed by atoms with Gasteiger partial charge in [-0.25, -0.2) is 5.84 Å². The van der Waals surface area contributed by atoms with Gasteiger partial charge < -0.3 is 14.2 Å². The van der Waals surface area contributed by atoms with Crippen molar-refractivity contribution in [1.82, 2.24) is 5.43 Å². The van der Waals surface area contributed by atoms with Crippen molar-refractivity contribution in [2.24, 2.45) is 5.84 Å². The summed E-state index contributed by atoms with van der Waals surface area (Å²) in [6, 6.07) is 0. The van der Waals surface area contributed by atoms with Crippen LogP contribution < -0.4 is 11.3 Å². The highest BCUT2D eigenvalue weighted by molar-refractivity contribution is 5.80. The Bertz CT molecular complexity index is 238. The summed E-state index contributed by atoms with van der Waals surface area (Å²) >= 11 is 0. The van der Waals surface area contributed by atoms with Crippen LogP contribution in [-0.4, -0.2) is 44.0 Å². The first kappa shape index (κ1) is 14.4. The van der Waals surface area contributed by atoms with Crippen molar-refractivity contribution < 1.29 is 19.0 Å². The zero-order chi connectivity index (χ0) is 12.7. The van der Waals surface area contributed by atoms with Crippen LogP contribution in [0.2, 0.25) is 0 Å². The van der Waals surface area contributed by atoms with E-state index in [1.54, 1.807) is 0 Å². The molecular weight excluding hydrogens is 224 g/mol. The first-order valence-corrected chi connectivity index (χ1v) is 6.02. The fraction of sp³-hybridized carbons (Fsp3) is 0.909. The van der Waals surface area contributed by atoms with E-state index in [9.17, 15) is 4.79 Å². The molecule has 1 heterocycles. The zero-order valence-electron chi connectivity index (χ0n) is 10.5. The Morgan fingerprint density at radius 3 is 3.00 bits per heavy atom. The van der Waals surface area contributed by atoms with Crippen LogP contribution in [-0.2, 0) is 19.0 Å². The van der Waals surface area contributed by atoms with Gasteiger partial charge in [0.15, 0.2) is 0 Å². The second-order valence-electron chi connectivity index (χ2n) is 4.14. The van der Waals surface area contributed by atoms with Gasteiger partial charge in [0.1, 0.15) is 6.10 Å². The molecule has 1 fully saturated rings. The quantitative estimate of drug-likeness (QED) is 0.374. The predicted molar refractivity (Wildman–Crippen MR) is 62.1 cm³/mol. The summed E-state index contributed by atoms with van der Waals surface area (Å²) in [5.41, 5.74) is 2.10. The largest absolute Gasteiger partial charge is 0.379 e. The first-order valence-electron chi connectivity index (χ1n) is 6.02. The van der Waals surface area contributed by atoms with Crippen molar-refractivity contribution in [2.75, 3.05) is 19.8 Å². The second kappa shape index (κ2) is 7.60. The highest BCUT2D eigenvalue weighted by Gasteiger charge is 2.30. The topological polar surface area (TPSA) is 82.8 Å². The highest BCUT2D eigenvalue weighted by atomic mass is 16.6. The molecule has 0 aromatic carbocycles. The molecule has 0 aliphatic carbocycles. The van der Waals surface area contributed by atoms with Gasteiger partial charge in [0.25, 0.3) is 5.91 Å². The van der Waals surface area contributed by atoms with E-state index in [1.165, 1.54) is 0 Å². The smallest absolute Gasteiger partial charge is 0.263 e. The van der Waals surface area contributed by atoms with Crippen LogP contribution in [0.25, 0.3) is 0 Å². The van der Waals surface area contributed by atoms with E-state index in [2.05, 4.69) is 5.43 Å². The molecular formula is C11H22N2O4. The molecule has 6 nitrogen and oxygen atoms in total. The maximum Gasteiger partial charge on any atom is 0.263 e. The van der Waals surface area contributed by atoms with E-state index in [0.717, 1.165) is 6.42 Å². The molecule has 1 amide bonds. The Morgan fingerprint density at radius 1 is 1.59 bits per heavy atom. The van der Waals surface area contributed by atoms with Crippen LogP contribution >= 0.6 is 0 Å². The number of nitrogens with two attached hydrogens (primary N) is 1. The minimum atomic E-state index is -0.434. The first-order chi connectivity index (χ1) is 8.17. The van der Waals surface area contributed by atoms with Gasteiger partial charge in [0.05, 0.1) is 25.4 Å². The zero-order valence-corrected chi connectivity index (χ0v) is 10.5. The van der Waals surface area contributed by atoms with Gasteiger partial charge in [0.2, 0.25) is 0 Å². The number of nitrogens with one attached hydrogen (secondary N) is 1. The van der Waals surface area contributed by atoms with Crippen LogP contribution in [0.15, 0.2) is 0 Å². The lowest BCUT2D eigenvalue weighted by atomic mass is 10.2. The highest BCUT2D eigenvalue weighted by Crippen LogP contribution is 2.20. The Morgan fingerprint density at radius 2 is 2.35 bits per heavy atom. The summed E-state index contributed by atoms with van der Waals surface area (Å²) in [7, 11) is 0. The van der Waals surface area contributed by atoms with Crippen LogP contribution in [0.5, 0.6) is 0 Å². The molecule has 100 valence electrons. The third-order valence-corrected chi connectivity index (χ3v) is 2.67. The number of amides is 1. The van der Waals surface area contributed by atoms with Gasteiger partial charge in [-0.1, -0.05) is 0 Å². The standard InChI is InChI=1S/C11H22N2O4/c1-3-15-6-8(2)16-7-9-4-5-10(17-9)11(14)13-12/h8-10H,3-7,12H2,1-2H3,(H,13,14). The average molecular weight is 246 g/mol. The molecule has 17 heavy (non-hydrogen) atoms. The summed E-state index contributed by atoms with van der Waals surface area (Å²) in [4.78, 5) is 11.2. The van der Waals surface area contributed by atoms with Crippen LogP contribution in [0, 0.1) is 0 Å². The molecule has 0 spiro atoms. The van der Waals surface area contributed by atoms with Crippen molar-refractivity contribution in [3.8, 4) is 0 Å². The molecule has 6 heteroatoms. The number of rotatable bonds is 7. The van der Waals surface area contributed by atoms with Gasteiger partial charge >= 0.3 is 0 Å². The normalized spacial score (nSPS) is 25.8. The van der Waals surface area contributed by atoms with E-state index in [0.29, 0.717) is 26.2 Å². The van der Waals surface area contributed by atoms with Crippen LogP contribution in [0.3, 0.4) is 0 Å². The van der Waals surface area contributed by atoms with Gasteiger partial charge in [-0.2, -0.15) is 0 Å². The fourth-order valence-corrected chi connectivity index (χ4v) is 1.72. The fourth-order valence-electron chi connectivity index (χ4n) is 1.72. The number of hydrogen-bond donors (Lipinski definition) is 2. The Balaban J connectivity index is 2.15. The maximum absolute atomic E-state index is 11.2. The lowest BCUT2D eigenvalue weighted by Gasteiger charge is -2.17. The molecule has 0 radical (unpaired) electrons. The van der Waals surface area contributed by atoms with Gasteiger partial charge in [0, 0.05) is 6.61 Å². The molecule has 0 aromatic heterocycles. The lowest BCUT2D eigenvalue weighted by Crippen LogP contribution is -2.39. The number of hydrogen-bond acceptors (Lipinski definition) is 5. The summed E-state index contributed by atoms with van der Waals surface area (Å²) in [5.74, 6) is 4.78. The second-order valence-corrected chi connectivity index (χ2v) is 4.14. The Labute approximate surface area is 102 Å². The molecule has 1 aliphatic rings. The van der Waals surface area contributed by atoms with Crippen molar-refractivity contribution in [3.63, 3.8) is 0 Å². The van der Waals surface area contributed by atoms with E-state index in [-0.39, 0.29) is 18.1 Å². The molecule has 1 rings (SSSR count). The van der Waals surface area contributed by atoms with E-state index >= 15 is 0 Å². The molecule has 3 atom stereocenters. The molecule has 3 N–H and O–H groups in total. The van der Waals surface area contributed by atoms with Gasteiger partial charge in [-0.15, -0.1) is 0 Å².